The van der Waals surface area contributed by atoms with Crippen LogP contribution in [0.2, 0.25) is 5.02 Å². The Morgan fingerprint density at radius 1 is 0.944 bits per heavy atom. The summed E-state index contributed by atoms with van der Waals surface area (Å²) in [7, 11) is 0. The number of hydrogen-bond donors (Lipinski definition) is 1. The Hall–Kier alpha value is -3.63. The first-order valence-electron chi connectivity index (χ1n) is 12.3. The van der Waals surface area contributed by atoms with Crippen molar-refractivity contribution in [3.63, 3.8) is 0 Å². The highest BCUT2D eigenvalue weighted by atomic mass is 35.5. The molecule has 0 radical (unpaired) electrons. The maximum Gasteiger partial charge on any atom is 0.336 e. The fraction of sp³-hybridized carbons (Fsp3) is 0.226. The molecular formula is C31H28ClNO3. The number of carbonyl (C=O) groups excluding carboxylic acids is 2. The summed E-state index contributed by atoms with van der Waals surface area (Å²) >= 11 is 6.63. The first-order chi connectivity index (χ1) is 17.5. The lowest BCUT2D eigenvalue weighted by molar-refractivity contribution is -0.139. The van der Waals surface area contributed by atoms with Crippen molar-refractivity contribution in [2.75, 3.05) is 6.61 Å². The van der Waals surface area contributed by atoms with E-state index in [4.69, 9.17) is 16.3 Å². The number of carbonyl (C=O) groups is 2. The fourth-order valence-electron chi connectivity index (χ4n) is 5.27. The van der Waals surface area contributed by atoms with Crippen molar-refractivity contribution < 1.29 is 14.3 Å². The second-order valence-electron chi connectivity index (χ2n) is 9.32. The highest BCUT2D eigenvalue weighted by Crippen LogP contribution is 2.47. The second-order valence-corrected chi connectivity index (χ2v) is 9.73. The summed E-state index contributed by atoms with van der Waals surface area (Å²) in [6.45, 7) is 2.13. The summed E-state index contributed by atoms with van der Waals surface area (Å²) in [5, 5.41) is 3.93. The van der Waals surface area contributed by atoms with Gasteiger partial charge in [0, 0.05) is 40.7 Å². The fourth-order valence-corrected chi connectivity index (χ4v) is 5.52. The predicted octanol–water partition coefficient (Wildman–Crippen LogP) is 6.49. The first kappa shape index (κ1) is 24.1. The summed E-state index contributed by atoms with van der Waals surface area (Å²) in [5.41, 5.74) is 5.61. The zero-order valence-corrected chi connectivity index (χ0v) is 20.9. The number of benzene rings is 3. The lowest BCUT2D eigenvalue weighted by Crippen LogP contribution is -2.36. The van der Waals surface area contributed by atoms with Gasteiger partial charge in [0.15, 0.2) is 5.78 Å². The van der Waals surface area contributed by atoms with Gasteiger partial charge in [-0.15, -0.1) is 0 Å². The molecule has 1 aliphatic heterocycles. The Balaban J connectivity index is 1.47. The molecule has 2 aliphatic rings. The van der Waals surface area contributed by atoms with E-state index in [-0.39, 0.29) is 18.3 Å². The molecule has 0 fully saturated rings. The topological polar surface area (TPSA) is 55.4 Å². The Morgan fingerprint density at radius 3 is 2.33 bits per heavy atom. The molecule has 36 heavy (non-hydrogen) atoms. The van der Waals surface area contributed by atoms with Crippen LogP contribution in [-0.2, 0) is 20.7 Å². The molecule has 1 heterocycles. The zero-order chi connectivity index (χ0) is 25.1. The maximum absolute atomic E-state index is 13.7. The third-order valence-corrected chi connectivity index (χ3v) is 7.35. The first-order valence-corrected chi connectivity index (χ1v) is 12.6. The summed E-state index contributed by atoms with van der Waals surface area (Å²) < 4.78 is 5.74. The number of hydrogen-bond acceptors (Lipinski definition) is 4. The van der Waals surface area contributed by atoms with Gasteiger partial charge >= 0.3 is 5.97 Å². The second kappa shape index (κ2) is 10.5. The normalized spacial score (nSPS) is 19.6. The molecule has 5 heteroatoms. The van der Waals surface area contributed by atoms with Crippen LogP contribution in [0.1, 0.15) is 48.3 Å². The van der Waals surface area contributed by atoms with E-state index < -0.39 is 11.9 Å². The standard InChI is InChI=1S/C31H28ClNO3/c1-20-28(31(35)36-17-16-21-10-4-2-5-11-21)29(24-14-8-9-15-25(24)32)30-26(33-20)18-23(19-27(30)34)22-12-6-3-7-13-22/h2-15,23,29,33H,16-19H2,1H3/t23-,29-/m0/s1. The van der Waals surface area contributed by atoms with Crippen LogP contribution in [0, 0.1) is 0 Å². The van der Waals surface area contributed by atoms with Crippen molar-refractivity contribution in [2.45, 2.75) is 38.0 Å². The SMILES string of the molecule is CC1=C(C(=O)OCCc2ccccc2)[C@H](c2ccccc2Cl)C2=C(C[C@H](c3ccccc3)CC2=O)N1. The quantitative estimate of drug-likeness (QED) is 0.395. The molecule has 0 saturated heterocycles. The van der Waals surface area contributed by atoms with Gasteiger partial charge in [0.05, 0.1) is 12.2 Å². The summed E-state index contributed by atoms with van der Waals surface area (Å²) in [6, 6.07) is 27.4. The summed E-state index contributed by atoms with van der Waals surface area (Å²) in [6.07, 6.45) is 1.70. The molecule has 0 bridgehead atoms. The van der Waals surface area contributed by atoms with E-state index in [1.54, 1.807) is 6.07 Å². The molecule has 2 atom stereocenters. The van der Waals surface area contributed by atoms with E-state index in [0.717, 1.165) is 22.4 Å². The smallest absolute Gasteiger partial charge is 0.336 e. The third-order valence-electron chi connectivity index (χ3n) is 7.00. The van der Waals surface area contributed by atoms with Crippen LogP contribution in [0.15, 0.2) is 107 Å². The van der Waals surface area contributed by atoms with Crippen molar-refractivity contribution >= 4 is 23.4 Å². The molecule has 0 spiro atoms. The number of rotatable bonds is 6. The highest BCUT2D eigenvalue weighted by Gasteiger charge is 2.42. The Labute approximate surface area is 216 Å². The molecule has 1 aliphatic carbocycles. The lowest BCUT2D eigenvalue weighted by Gasteiger charge is -2.37. The molecule has 182 valence electrons. The van der Waals surface area contributed by atoms with Gasteiger partial charge in [-0.05, 0) is 42.0 Å². The van der Waals surface area contributed by atoms with E-state index in [9.17, 15) is 9.59 Å². The predicted molar refractivity (Wildman–Crippen MR) is 142 cm³/mol. The minimum atomic E-state index is -0.566. The maximum atomic E-state index is 13.7. The van der Waals surface area contributed by atoms with Gasteiger partial charge in [0.25, 0.3) is 0 Å². The number of allylic oxidation sites excluding steroid dienone is 3. The van der Waals surface area contributed by atoms with Gasteiger partial charge in [0.1, 0.15) is 0 Å². The van der Waals surface area contributed by atoms with Crippen molar-refractivity contribution in [1.82, 2.24) is 5.32 Å². The van der Waals surface area contributed by atoms with Crippen LogP contribution in [0.4, 0.5) is 0 Å². The highest BCUT2D eigenvalue weighted by molar-refractivity contribution is 6.31. The van der Waals surface area contributed by atoms with Crippen molar-refractivity contribution in [1.29, 1.82) is 0 Å². The molecule has 0 aromatic heterocycles. The largest absolute Gasteiger partial charge is 0.462 e. The number of dihydropyridines is 1. The van der Waals surface area contributed by atoms with Crippen molar-refractivity contribution in [3.05, 3.63) is 129 Å². The molecule has 5 rings (SSSR count). The number of esters is 1. The van der Waals surface area contributed by atoms with Crippen LogP contribution in [0.3, 0.4) is 0 Å². The van der Waals surface area contributed by atoms with Gasteiger partial charge < -0.3 is 10.1 Å². The molecule has 4 nitrogen and oxygen atoms in total. The average Bonchev–Trinajstić information content (AvgIpc) is 2.89. The number of ketones is 1. The lowest BCUT2D eigenvalue weighted by atomic mass is 9.71. The molecule has 0 unspecified atom stereocenters. The molecule has 1 N–H and O–H groups in total. The van der Waals surface area contributed by atoms with Gasteiger partial charge in [0.2, 0.25) is 0 Å². The molecule has 0 amide bonds. The molecule has 3 aromatic rings. The number of halogens is 1. The van der Waals surface area contributed by atoms with Crippen molar-refractivity contribution in [2.24, 2.45) is 0 Å². The molecular weight excluding hydrogens is 470 g/mol. The number of Topliss-reactive ketones (excluding diaryl/α,β-unsaturated/α-hetero) is 1. The van der Waals surface area contributed by atoms with Crippen LogP contribution in [0.25, 0.3) is 0 Å². The minimum Gasteiger partial charge on any atom is -0.462 e. The van der Waals surface area contributed by atoms with Gasteiger partial charge in [-0.25, -0.2) is 4.79 Å². The average molecular weight is 498 g/mol. The van der Waals surface area contributed by atoms with Gasteiger partial charge in [-0.3, -0.25) is 4.79 Å². The van der Waals surface area contributed by atoms with Crippen LogP contribution in [-0.4, -0.2) is 18.4 Å². The molecule has 3 aromatic carbocycles. The van der Waals surface area contributed by atoms with E-state index >= 15 is 0 Å². The Morgan fingerprint density at radius 2 is 1.61 bits per heavy atom. The van der Waals surface area contributed by atoms with Crippen molar-refractivity contribution in [3.8, 4) is 0 Å². The van der Waals surface area contributed by atoms with Crippen LogP contribution < -0.4 is 5.32 Å². The van der Waals surface area contributed by atoms with Crippen LogP contribution >= 0.6 is 11.6 Å². The summed E-state index contributed by atoms with van der Waals surface area (Å²) in [4.78, 5) is 27.1. The Kier molecular flexibility index (Phi) is 7.06. The number of ether oxygens (including phenoxy) is 1. The summed E-state index contributed by atoms with van der Waals surface area (Å²) in [5.74, 6) is -0.873. The number of nitrogens with one attached hydrogen (secondary N) is 1. The van der Waals surface area contributed by atoms with E-state index in [1.165, 1.54) is 0 Å². The minimum absolute atomic E-state index is 0.0320. The van der Waals surface area contributed by atoms with E-state index in [0.29, 0.717) is 41.1 Å². The third kappa shape index (κ3) is 4.87. The monoisotopic (exact) mass is 497 g/mol. The van der Waals surface area contributed by atoms with E-state index in [2.05, 4.69) is 17.4 Å². The van der Waals surface area contributed by atoms with Crippen LogP contribution in [0.5, 0.6) is 0 Å². The van der Waals surface area contributed by atoms with E-state index in [1.807, 2.05) is 73.7 Å². The zero-order valence-electron chi connectivity index (χ0n) is 20.2. The Bertz CT molecular complexity index is 1340. The molecule has 0 saturated carbocycles. The van der Waals surface area contributed by atoms with Gasteiger partial charge in [-0.1, -0.05) is 90.5 Å². The van der Waals surface area contributed by atoms with Gasteiger partial charge in [-0.2, -0.15) is 0 Å².